The van der Waals surface area contributed by atoms with Crippen molar-refractivity contribution in [2.75, 3.05) is 9.80 Å². The molecule has 9 rings (SSSR count). The highest BCUT2D eigenvalue weighted by Gasteiger charge is 2.24. The second-order valence-electron chi connectivity index (χ2n) is 12.2. The third-order valence-corrected chi connectivity index (χ3v) is 9.18. The minimum absolute atomic E-state index is 0.830. The molecule has 0 atom stereocenters. The first-order valence-corrected chi connectivity index (χ1v) is 16.6. The molecular weight excluding hydrogens is 597 g/mol. The molecule has 9 aromatic rings. The predicted molar refractivity (Wildman–Crippen MR) is 206 cm³/mol. The molecule has 1 heterocycles. The zero-order chi connectivity index (χ0) is 32.6. The third kappa shape index (κ3) is 5.18. The number of benzene rings is 8. The van der Waals surface area contributed by atoms with Crippen LogP contribution in [0.3, 0.4) is 0 Å². The van der Waals surface area contributed by atoms with Crippen LogP contribution in [0.1, 0.15) is 0 Å². The first-order chi connectivity index (χ1) is 24.3. The summed E-state index contributed by atoms with van der Waals surface area (Å²) in [7, 11) is 0. The number of nitrogens with zero attached hydrogens (tertiary/aromatic N) is 2. The summed E-state index contributed by atoms with van der Waals surface area (Å²) in [5.41, 5.74) is 10.4. The van der Waals surface area contributed by atoms with Gasteiger partial charge < -0.3 is 14.2 Å². The van der Waals surface area contributed by atoms with Gasteiger partial charge in [-0.05, 0) is 77.2 Å². The summed E-state index contributed by atoms with van der Waals surface area (Å²) in [6.45, 7) is 0. The van der Waals surface area contributed by atoms with Crippen molar-refractivity contribution in [3.8, 4) is 11.1 Å². The molecule has 0 aliphatic rings. The van der Waals surface area contributed by atoms with Crippen molar-refractivity contribution in [3.05, 3.63) is 194 Å². The van der Waals surface area contributed by atoms with Gasteiger partial charge in [0.15, 0.2) is 0 Å². The summed E-state index contributed by atoms with van der Waals surface area (Å²) < 4.78 is 6.93. The van der Waals surface area contributed by atoms with E-state index >= 15 is 0 Å². The van der Waals surface area contributed by atoms with Crippen LogP contribution in [0.5, 0.6) is 0 Å². The Morgan fingerprint density at radius 2 is 0.898 bits per heavy atom. The molecule has 0 N–H and O–H groups in total. The van der Waals surface area contributed by atoms with Gasteiger partial charge in [-0.2, -0.15) is 0 Å². The number of hydrogen-bond donors (Lipinski definition) is 0. The Bertz CT molecular complexity index is 2500. The molecule has 232 valence electrons. The van der Waals surface area contributed by atoms with Crippen molar-refractivity contribution in [2.24, 2.45) is 0 Å². The van der Waals surface area contributed by atoms with Crippen LogP contribution in [0.25, 0.3) is 43.8 Å². The van der Waals surface area contributed by atoms with Crippen molar-refractivity contribution in [2.45, 2.75) is 0 Å². The van der Waals surface area contributed by atoms with E-state index in [-0.39, 0.29) is 0 Å². The van der Waals surface area contributed by atoms with Gasteiger partial charge in [0.2, 0.25) is 0 Å². The number of hydrogen-bond acceptors (Lipinski definition) is 3. The second kappa shape index (κ2) is 12.2. The van der Waals surface area contributed by atoms with Gasteiger partial charge in [0.1, 0.15) is 11.2 Å². The minimum atomic E-state index is 0.830. The quantitative estimate of drug-likeness (QED) is 0.175. The molecule has 0 saturated carbocycles. The molecule has 0 saturated heterocycles. The van der Waals surface area contributed by atoms with Crippen LogP contribution in [0.4, 0.5) is 34.1 Å². The largest absolute Gasteiger partial charge is 0.455 e. The lowest BCUT2D eigenvalue weighted by Crippen LogP contribution is -2.13. The molecule has 0 bridgehead atoms. The zero-order valence-electron chi connectivity index (χ0n) is 26.8. The van der Waals surface area contributed by atoms with Crippen LogP contribution in [-0.2, 0) is 0 Å². The second-order valence-corrected chi connectivity index (χ2v) is 12.2. The Kier molecular flexibility index (Phi) is 7.14. The minimum Gasteiger partial charge on any atom is -0.455 e. The molecule has 3 nitrogen and oxygen atoms in total. The molecule has 49 heavy (non-hydrogen) atoms. The third-order valence-electron chi connectivity index (χ3n) is 9.18. The number of fused-ring (bicyclic) bond motifs is 5. The summed E-state index contributed by atoms with van der Waals surface area (Å²) in [6.07, 6.45) is 0. The highest BCUT2D eigenvalue weighted by molar-refractivity contribution is 6.20. The summed E-state index contributed by atoms with van der Waals surface area (Å²) >= 11 is 0. The van der Waals surface area contributed by atoms with Crippen LogP contribution >= 0.6 is 0 Å². The van der Waals surface area contributed by atoms with Gasteiger partial charge in [0.05, 0.1) is 16.8 Å². The first kappa shape index (κ1) is 28.6. The van der Waals surface area contributed by atoms with Crippen LogP contribution < -0.4 is 9.80 Å². The number of anilines is 6. The van der Waals surface area contributed by atoms with E-state index in [2.05, 4.69) is 204 Å². The molecule has 3 heteroatoms. The molecule has 1 aromatic heterocycles. The van der Waals surface area contributed by atoms with E-state index in [1.54, 1.807) is 0 Å². The van der Waals surface area contributed by atoms with E-state index in [1.807, 2.05) is 0 Å². The average Bonchev–Trinajstić information content (AvgIpc) is 3.56. The SMILES string of the molecule is c1ccc(-c2cccc(N(c3ccccc3)c3cc(N(c4ccccc4)c4ccccc4)c4c(c3)oc3c5ccccc5ccc34)c2)cc1. The maximum Gasteiger partial charge on any atom is 0.143 e. The summed E-state index contributed by atoms with van der Waals surface area (Å²) in [6, 6.07) is 68.5. The predicted octanol–water partition coefficient (Wildman–Crippen LogP) is 13.3. The van der Waals surface area contributed by atoms with Gasteiger partial charge in [-0.1, -0.05) is 127 Å². The lowest BCUT2D eigenvalue weighted by Gasteiger charge is -2.30. The van der Waals surface area contributed by atoms with Crippen LogP contribution in [0.2, 0.25) is 0 Å². The number of para-hydroxylation sites is 3. The van der Waals surface area contributed by atoms with Gasteiger partial charge in [0.25, 0.3) is 0 Å². The van der Waals surface area contributed by atoms with Gasteiger partial charge in [0, 0.05) is 39.6 Å². The van der Waals surface area contributed by atoms with Gasteiger partial charge in [-0.25, -0.2) is 0 Å². The van der Waals surface area contributed by atoms with E-state index < -0.39 is 0 Å². The zero-order valence-corrected chi connectivity index (χ0v) is 26.8. The highest BCUT2D eigenvalue weighted by Crippen LogP contribution is 2.48. The van der Waals surface area contributed by atoms with Gasteiger partial charge in [-0.3, -0.25) is 0 Å². The van der Waals surface area contributed by atoms with E-state index in [0.29, 0.717) is 0 Å². The van der Waals surface area contributed by atoms with E-state index in [4.69, 9.17) is 4.42 Å². The Morgan fingerprint density at radius 1 is 0.347 bits per heavy atom. The molecule has 0 radical (unpaired) electrons. The van der Waals surface area contributed by atoms with E-state index in [1.165, 1.54) is 5.56 Å². The van der Waals surface area contributed by atoms with Crippen molar-refractivity contribution in [3.63, 3.8) is 0 Å². The first-order valence-electron chi connectivity index (χ1n) is 16.6. The molecule has 0 aliphatic carbocycles. The van der Waals surface area contributed by atoms with Crippen LogP contribution in [0.15, 0.2) is 199 Å². The summed E-state index contributed by atoms with van der Waals surface area (Å²) in [5.74, 6) is 0. The monoisotopic (exact) mass is 628 g/mol. The maximum atomic E-state index is 6.93. The van der Waals surface area contributed by atoms with E-state index in [0.717, 1.165) is 72.4 Å². The van der Waals surface area contributed by atoms with Crippen molar-refractivity contribution in [1.82, 2.24) is 0 Å². The molecule has 0 unspecified atom stereocenters. The molecule has 0 spiro atoms. The molecule has 0 aliphatic heterocycles. The lowest BCUT2D eigenvalue weighted by atomic mass is 10.0. The topological polar surface area (TPSA) is 19.6 Å². The fourth-order valence-electron chi connectivity index (χ4n) is 6.96. The molecule has 0 fully saturated rings. The molecule has 0 amide bonds. The Hall–Kier alpha value is -6.58. The lowest BCUT2D eigenvalue weighted by molar-refractivity contribution is 0.673. The standard InChI is InChI=1S/C46H32N2O/c1-5-16-33(17-6-1)35-19-15-26-39(30-35)47(36-20-7-2-8-21-36)40-31-43(48(37-22-9-3-10-23-37)38-24-11-4-12-25-38)45-42-29-28-34-18-13-14-27-41(34)46(42)49-44(45)32-40/h1-32H. The smallest absolute Gasteiger partial charge is 0.143 e. The fraction of sp³-hybridized carbons (Fsp3) is 0. The van der Waals surface area contributed by atoms with Crippen molar-refractivity contribution < 1.29 is 4.42 Å². The number of rotatable bonds is 7. The normalized spacial score (nSPS) is 11.3. The Morgan fingerprint density at radius 3 is 1.57 bits per heavy atom. The maximum absolute atomic E-state index is 6.93. The Labute approximate surface area is 285 Å². The van der Waals surface area contributed by atoms with Gasteiger partial charge in [-0.15, -0.1) is 0 Å². The number of furan rings is 1. The molecular formula is C46H32N2O. The van der Waals surface area contributed by atoms with Crippen molar-refractivity contribution >= 4 is 66.8 Å². The highest BCUT2D eigenvalue weighted by atomic mass is 16.3. The van der Waals surface area contributed by atoms with Crippen LogP contribution in [0, 0.1) is 0 Å². The summed E-state index contributed by atoms with van der Waals surface area (Å²) in [5, 5.41) is 4.42. The Balaban J connectivity index is 1.36. The van der Waals surface area contributed by atoms with Crippen LogP contribution in [-0.4, -0.2) is 0 Å². The van der Waals surface area contributed by atoms with E-state index in [9.17, 15) is 0 Å². The van der Waals surface area contributed by atoms with Gasteiger partial charge >= 0.3 is 0 Å². The average molecular weight is 629 g/mol. The summed E-state index contributed by atoms with van der Waals surface area (Å²) in [4.78, 5) is 4.67. The molecule has 8 aromatic carbocycles. The fourth-order valence-corrected chi connectivity index (χ4v) is 6.96. The van der Waals surface area contributed by atoms with Crippen molar-refractivity contribution in [1.29, 1.82) is 0 Å².